The van der Waals surface area contributed by atoms with Gasteiger partial charge in [-0.1, -0.05) is 19.1 Å². The summed E-state index contributed by atoms with van der Waals surface area (Å²) in [5, 5.41) is 0. The van der Waals surface area contributed by atoms with Gasteiger partial charge in [-0.2, -0.15) is 0 Å². The summed E-state index contributed by atoms with van der Waals surface area (Å²) in [4.78, 5) is 4.48. The van der Waals surface area contributed by atoms with Crippen molar-refractivity contribution in [3.8, 4) is 5.75 Å². The van der Waals surface area contributed by atoms with E-state index in [4.69, 9.17) is 4.74 Å². The Bertz CT molecular complexity index is 598. The molecule has 0 atom stereocenters. The number of hydrogen-bond donors (Lipinski definition) is 0. The lowest BCUT2D eigenvalue weighted by Gasteiger charge is -2.06. The highest BCUT2D eigenvalue weighted by Gasteiger charge is 2.06. The summed E-state index contributed by atoms with van der Waals surface area (Å²) in [7, 11) is 1.65. The second-order valence-corrected chi connectivity index (χ2v) is 6.00. The van der Waals surface area contributed by atoms with Crippen molar-refractivity contribution in [3.05, 3.63) is 56.5 Å². The Morgan fingerprint density at radius 1 is 1.10 bits per heavy atom. The average molecular weight is 397 g/mol. The Balaban J connectivity index is 2.22. The van der Waals surface area contributed by atoms with Crippen molar-refractivity contribution in [1.82, 2.24) is 0 Å². The van der Waals surface area contributed by atoms with Crippen LogP contribution in [0, 0.1) is 0 Å². The van der Waals surface area contributed by atoms with Crippen LogP contribution in [0.2, 0.25) is 0 Å². The van der Waals surface area contributed by atoms with Crippen molar-refractivity contribution in [2.75, 3.05) is 7.11 Å². The van der Waals surface area contributed by atoms with Crippen LogP contribution < -0.4 is 4.74 Å². The Hall–Kier alpha value is -1.13. The Labute approximate surface area is 136 Å². The van der Waals surface area contributed by atoms with Gasteiger partial charge in [-0.3, -0.25) is 4.99 Å². The quantitative estimate of drug-likeness (QED) is 0.622. The lowest BCUT2D eigenvalue weighted by Crippen LogP contribution is -1.89. The first kappa shape index (κ1) is 15.3. The van der Waals surface area contributed by atoms with Crippen LogP contribution in [-0.2, 0) is 6.42 Å². The van der Waals surface area contributed by atoms with Gasteiger partial charge in [0.2, 0.25) is 0 Å². The van der Waals surface area contributed by atoms with Gasteiger partial charge in [0.15, 0.2) is 0 Å². The minimum atomic E-state index is 0.787. The van der Waals surface area contributed by atoms with Crippen molar-refractivity contribution < 1.29 is 4.74 Å². The maximum absolute atomic E-state index is 5.28. The second kappa shape index (κ2) is 7.04. The molecule has 104 valence electrons. The number of hydrogen-bond acceptors (Lipinski definition) is 2. The monoisotopic (exact) mass is 395 g/mol. The van der Waals surface area contributed by atoms with Gasteiger partial charge in [0.25, 0.3) is 0 Å². The molecule has 0 N–H and O–H groups in total. The number of aryl methyl sites for hydroxylation is 1. The van der Waals surface area contributed by atoms with Crippen molar-refractivity contribution in [3.63, 3.8) is 0 Å². The first-order valence-electron chi connectivity index (χ1n) is 6.30. The molecule has 0 heterocycles. The van der Waals surface area contributed by atoms with Crippen LogP contribution in [0.4, 0.5) is 5.69 Å². The third-order valence-electron chi connectivity index (χ3n) is 2.93. The first-order chi connectivity index (χ1) is 9.63. The van der Waals surface area contributed by atoms with Gasteiger partial charge in [0.1, 0.15) is 5.75 Å². The minimum absolute atomic E-state index is 0.787. The summed E-state index contributed by atoms with van der Waals surface area (Å²) in [6, 6.07) is 12.2. The number of benzene rings is 2. The molecule has 0 radical (unpaired) electrons. The van der Waals surface area contributed by atoms with Gasteiger partial charge in [-0.15, -0.1) is 0 Å². The van der Waals surface area contributed by atoms with E-state index in [2.05, 4.69) is 55.9 Å². The normalized spacial score (nSPS) is 11.0. The van der Waals surface area contributed by atoms with Crippen LogP contribution >= 0.6 is 31.9 Å². The number of halogens is 2. The van der Waals surface area contributed by atoms with Gasteiger partial charge in [0.05, 0.1) is 21.7 Å². The first-order valence-corrected chi connectivity index (χ1v) is 7.88. The van der Waals surface area contributed by atoms with Gasteiger partial charge < -0.3 is 4.74 Å². The van der Waals surface area contributed by atoms with E-state index in [1.165, 1.54) is 5.56 Å². The van der Waals surface area contributed by atoms with Gasteiger partial charge in [0, 0.05) is 6.21 Å². The Kier molecular flexibility index (Phi) is 5.38. The number of methoxy groups -OCH3 is 1. The van der Waals surface area contributed by atoms with Crippen LogP contribution in [-0.4, -0.2) is 13.3 Å². The fraction of sp³-hybridized carbons (Fsp3) is 0.188. The molecule has 0 spiro atoms. The van der Waals surface area contributed by atoms with E-state index >= 15 is 0 Å². The lowest BCUT2D eigenvalue weighted by atomic mass is 10.1. The largest absolute Gasteiger partial charge is 0.494 e. The van der Waals surface area contributed by atoms with E-state index in [0.29, 0.717) is 0 Å². The van der Waals surface area contributed by atoms with Crippen molar-refractivity contribution >= 4 is 43.8 Å². The SMILES string of the molecule is CCc1ccc(N=Cc2cc(Br)c(OC)c(Br)c2)cc1. The molecule has 0 bridgehead atoms. The molecule has 2 nitrogen and oxygen atoms in total. The lowest BCUT2D eigenvalue weighted by molar-refractivity contribution is 0.409. The van der Waals surface area contributed by atoms with Crippen molar-refractivity contribution in [1.29, 1.82) is 0 Å². The highest BCUT2D eigenvalue weighted by Crippen LogP contribution is 2.34. The molecule has 0 aromatic heterocycles. The second-order valence-electron chi connectivity index (χ2n) is 4.30. The fourth-order valence-electron chi connectivity index (χ4n) is 1.82. The van der Waals surface area contributed by atoms with E-state index in [1.54, 1.807) is 7.11 Å². The number of nitrogens with zero attached hydrogens (tertiary/aromatic N) is 1. The topological polar surface area (TPSA) is 21.6 Å². The van der Waals surface area contributed by atoms with Crippen LogP contribution in [0.25, 0.3) is 0 Å². The predicted octanol–water partition coefficient (Wildman–Crippen LogP) is 5.53. The third-order valence-corrected chi connectivity index (χ3v) is 4.11. The third kappa shape index (κ3) is 3.70. The van der Waals surface area contributed by atoms with E-state index < -0.39 is 0 Å². The molecule has 0 unspecified atom stereocenters. The van der Waals surface area contributed by atoms with E-state index in [-0.39, 0.29) is 0 Å². The molecular formula is C16H15Br2NO. The molecule has 0 aliphatic rings. The summed E-state index contributed by atoms with van der Waals surface area (Å²) < 4.78 is 7.08. The van der Waals surface area contributed by atoms with Crippen molar-refractivity contribution in [2.24, 2.45) is 4.99 Å². The molecule has 0 aliphatic heterocycles. The molecule has 4 heteroatoms. The maximum atomic E-state index is 5.28. The van der Waals surface area contributed by atoms with Gasteiger partial charge in [-0.05, 0) is 73.7 Å². The molecule has 0 aliphatic carbocycles. The summed E-state index contributed by atoms with van der Waals surface area (Å²) in [6.45, 7) is 2.14. The van der Waals surface area contributed by atoms with E-state index in [1.807, 2.05) is 30.5 Å². The summed E-state index contributed by atoms with van der Waals surface area (Å²) in [5.41, 5.74) is 3.27. The number of ether oxygens (including phenoxy) is 1. The van der Waals surface area contributed by atoms with Gasteiger partial charge in [-0.25, -0.2) is 0 Å². The van der Waals surface area contributed by atoms with Crippen LogP contribution in [0.1, 0.15) is 18.1 Å². The smallest absolute Gasteiger partial charge is 0.147 e. The minimum Gasteiger partial charge on any atom is -0.494 e. The Morgan fingerprint density at radius 3 is 2.20 bits per heavy atom. The molecule has 0 amide bonds. The summed E-state index contributed by atoms with van der Waals surface area (Å²) in [6.07, 6.45) is 2.89. The zero-order valence-electron chi connectivity index (χ0n) is 11.4. The van der Waals surface area contributed by atoms with Crippen LogP contribution in [0.5, 0.6) is 5.75 Å². The molecule has 2 aromatic rings. The van der Waals surface area contributed by atoms with E-state index in [9.17, 15) is 0 Å². The highest BCUT2D eigenvalue weighted by atomic mass is 79.9. The highest BCUT2D eigenvalue weighted by molar-refractivity contribution is 9.11. The standard InChI is InChI=1S/C16H15Br2NO/c1-3-11-4-6-13(7-5-11)19-10-12-8-14(17)16(20-2)15(18)9-12/h4-10H,3H2,1-2H3. The van der Waals surface area contributed by atoms with E-state index in [0.717, 1.165) is 32.4 Å². The van der Waals surface area contributed by atoms with Crippen LogP contribution in [0.15, 0.2) is 50.3 Å². The van der Waals surface area contributed by atoms with Crippen LogP contribution in [0.3, 0.4) is 0 Å². The molecule has 0 fully saturated rings. The maximum Gasteiger partial charge on any atom is 0.147 e. The zero-order chi connectivity index (χ0) is 14.5. The van der Waals surface area contributed by atoms with Crippen molar-refractivity contribution in [2.45, 2.75) is 13.3 Å². The average Bonchev–Trinajstić information content (AvgIpc) is 2.45. The summed E-state index contributed by atoms with van der Waals surface area (Å²) >= 11 is 6.97. The molecule has 0 saturated carbocycles. The predicted molar refractivity (Wildman–Crippen MR) is 91.5 cm³/mol. The Morgan fingerprint density at radius 2 is 1.70 bits per heavy atom. The number of rotatable bonds is 4. The fourth-order valence-corrected chi connectivity index (χ4v) is 3.36. The zero-order valence-corrected chi connectivity index (χ0v) is 14.5. The summed E-state index contributed by atoms with van der Waals surface area (Å²) in [5.74, 6) is 0.787. The van der Waals surface area contributed by atoms with Gasteiger partial charge >= 0.3 is 0 Å². The molecule has 0 saturated heterocycles. The molecule has 2 aromatic carbocycles. The number of aliphatic imine (C=N–C) groups is 1. The molecule has 20 heavy (non-hydrogen) atoms. The molecular weight excluding hydrogens is 382 g/mol. The molecule has 2 rings (SSSR count).